The van der Waals surface area contributed by atoms with Crippen LogP contribution in [0.4, 0.5) is 0 Å². The highest BCUT2D eigenvalue weighted by atomic mass is 16.5. The minimum Gasteiger partial charge on any atom is -0.490 e. The molecular weight excluding hydrogens is 360 g/mol. The van der Waals surface area contributed by atoms with Crippen LogP contribution in [0.2, 0.25) is 0 Å². The molecule has 0 bridgehead atoms. The van der Waals surface area contributed by atoms with Gasteiger partial charge in [-0.1, -0.05) is 49.2 Å². The van der Waals surface area contributed by atoms with E-state index in [0.29, 0.717) is 19.3 Å². The monoisotopic (exact) mass is 394 g/mol. The Hall–Kier alpha value is -2.04. The van der Waals surface area contributed by atoms with E-state index in [2.05, 4.69) is 40.5 Å². The van der Waals surface area contributed by atoms with Crippen molar-refractivity contribution in [3.05, 3.63) is 59.7 Å². The van der Waals surface area contributed by atoms with Crippen LogP contribution in [-0.4, -0.2) is 37.7 Å². The zero-order valence-electron chi connectivity index (χ0n) is 17.6. The molecule has 1 aliphatic heterocycles. The summed E-state index contributed by atoms with van der Waals surface area (Å²) in [4.78, 5) is 2.68. The van der Waals surface area contributed by atoms with Gasteiger partial charge < -0.3 is 14.8 Å². The van der Waals surface area contributed by atoms with E-state index in [1.165, 1.54) is 36.8 Å². The second kappa shape index (κ2) is 10.1. The minimum absolute atomic E-state index is 0.488. The molecule has 4 nitrogen and oxygen atoms in total. The summed E-state index contributed by atoms with van der Waals surface area (Å²) in [5.74, 6) is 2.46. The van der Waals surface area contributed by atoms with E-state index in [1.807, 2.05) is 25.1 Å². The maximum Gasteiger partial charge on any atom is 0.161 e. The van der Waals surface area contributed by atoms with Crippen molar-refractivity contribution < 1.29 is 9.47 Å². The first-order valence-electron chi connectivity index (χ1n) is 11.2. The molecule has 0 amide bonds. The summed E-state index contributed by atoms with van der Waals surface area (Å²) in [7, 11) is 0. The van der Waals surface area contributed by atoms with Crippen LogP contribution >= 0.6 is 0 Å². The molecule has 1 atom stereocenters. The second-order valence-electron chi connectivity index (χ2n) is 8.19. The average Bonchev–Trinajstić information content (AvgIpc) is 3.29. The first-order chi connectivity index (χ1) is 14.3. The topological polar surface area (TPSA) is 33.7 Å². The molecule has 1 saturated carbocycles. The van der Waals surface area contributed by atoms with Gasteiger partial charge in [-0.15, -0.1) is 0 Å². The zero-order chi connectivity index (χ0) is 19.9. The van der Waals surface area contributed by atoms with Crippen LogP contribution in [0.15, 0.2) is 48.5 Å². The van der Waals surface area contributed by atoms with Crippen molar-refractivity contribution in [2.75, 3.05) is 32.8 Å². The third-order valence-corrected chi connectivity index (χ3v) is 6.24. The number of nitrogens with one attached hydrogen (secondary N) is 1. The number of piperazine rings is 1. The summed E-state index contributed by atoms with van der Waals surface area (Å²) < 4.78 is 12.1. The van der Waals surface area contributed by atoms with Gasteiger partial charge in [0.25, 0.3) is 0 Å². The standard InChI is InChI=1S/C25H34N2O2/c1-2-28-24-18-22(12-13-23(24)29-19-20-8-4-3-5-9-20)25(21-10-6-7-11-21)27-16-14-26-15-17-27/h3-5,8-9,12-13,18,21,25-26H,2,6-7,10-11,14-17,19H2,1H3/t25-/m0/s1. The van der Waals surface area contributed by atoms with Gasteiger partial charge in [-0.25, -0.2) is 0 Å². The molecule has 0 spiro atoms. The smallest absolute Gasteiger partial charge is 0.161 e. The van der Waals surface area contributed by atoms with Crippen LogP contribution in [-0.2, 0) is 6.61 Å². The molecular formula is C25H34N2O2. The van der Waals surface area contributed by atoms with Gasteiger partial charge in [0.05, 0.1) is 6.61 Å². The number of ether oxygens (including phenoxy) is 2. The average molecular weight is 395 g/mol. The van der Waals surface area contributed by atoms with Crippen molar-refractivity contribution in [2.24, 2.45) is 5.92 Å². The number of benzene rings is 2. The van der Waals surface area contributed by atoms with Crippen molar-refractivity contribution in [3.8, 4) is 11.5 Å². The minimum atomic E-state index is 0.488. The van der Waals surface area contributed by atoms with Crippen molar-refractivity contribution >= 4 is 0 Å². The molecule has 2 fully saturated rings. The Bertz CT molecular complexity index is 753. The highest BCUT2D eigenvalue weighted by molar-refractivity contribution is 5.44. The van der Waals surface area contributed by atoms with Crippen LogP contribution in [0, 0.1) is 5.92 Å². The van der Waals surface area contributed by atoms with Crippen molar-refractivity contribution in [1.29, 1.82) is 0 Å². The summed E-state index contributed by atoms with van der Waals surface area (Å²) in [6, 6.07) is 17.4. The first-order valence-corrected chi connectivity index (χ1v) is 11.2. The van der Waals surface area contributed by atoms with Gasteiger partial charge in [-0.3, -0.25) is 4.90 Å². The quantitative estimate of drug-likeness (QED) is 0.697. The van der Waals surface area contributed by atoms with Crippen molar-refractivity contribution in [3.63, 3.8) is 0 Å². The lowest BCUT2D eigenvalue weighted by Gasteiger charge is -2.39. The maximum absolute atomic E-state index is 6.13. The zero-order valence-corrected chi connectivity index (χ0v) is 17.6. The Morgan fingerprint density at radius 2 is 1.72 bits per heavy atom. The molecule has 4 rings (SSSR count). The van der Waals surface area contributed by atoms with Crippen LogP contribution in [0.25, 0.3) is 0 Å². The predicted molar refractivity (Wildman–Crippen MR) is 118 cm³/mol. The molecule has 1 aliphatic carbocycles. The van der Waals surface area contributed by atoms with E-state index in [1.54, 1.807) is 0 Å². The summed E-state index contributed by atoms with van der Waals surface area (Å²) in [6.45, 7) is 7.66. The molecule has 2 aromatic carbocycles. The Kier molecular flexibility index (Phi) is 7.07. The summed E-state index contributed by atoms with van der Waals surface area (Å²) in [5, 5.41) is 3.50. The van der Waals surface area contributed by atoms with Crippen LogP contribution < -0.4 is 14.8 Å². The van der Waals surface area contributed by atoms with Crippen LogP contribution in [0.3, 0.4) is 0 Å². The van der Waals surface area contributed by atoms with E-state index in [4.69, 9.17) is 9.47 Å². The lowest BCUT2D eigenvalue weighted by molar-refractivity contribution is 0.125. The third-order valence-electron chi connectivity index (χ3n) is 6.24. The predicted octanol–water partition coefficient (Wildman–Crippen LogP) is 4.80. The largest absolute Gasteiger partial charge is 0.490 e. The Labute approximate surface area is 175 Å². The van der Waals surface area contributed by atoms with E-state index < -0.39 is 0 Å². The molecule has 0 aromatic heterocycles. The summed E-state index contributed by atoms with van der Waals surface area (Å²) >= 11 is 0. The van der Waals surface area contributed by atoms with Gasteiger partial charge in [0, 0.05) is 32.2 Å². The molecule has 1 saturated heterocycles. The fourth-order valence-electron chi connectivity index (χ4n) is 4.85. The van der Waals surface area contributed by atoms with E-state index in [0.717, 1.165) is 43.6 Å². The van der Waals surface area contributed by atoms with Gasteiger partial charge in [-0.05, 0) is 48.9 Å². The van der Waals surface area contributed by atoms with Crippen LogP contribution in [0.1, 0.15) is 49.8 Å². The Morgan fingerprint density at radius 1 is 0.966 bits per heavy atom. The first kappa shape index (κ1) is 20.2. The van der Waals surface area contributed by atoms with Crippen LogP contribution in [0.5, 0.6) is 11.5 Å². The molecule has 29 heavy (non-hydrogen) atoms. The highest BCUT2D eigenvalue weighted by Crippen LogP contribution is 2.42. The summed E-state index contributed by atoms with van der Waals surface area (Å²) in [5.41, 5.74) is 2.55. The lowest BCUT2D eigenvalue weighted by atomic mass is 9.89. The fraction of sp³-hybridized carbons (Fsp3) is 0.520. The summed E-state index contributed by atoms with van der Waals surface area (Å²) in [6.07, 6.45) is 5.41. The Morgan fingerprint density at radius 3 is 2.45 bits per heavy atom. The molecule has 4 heteroatoms. The number of hydrogen-bond acceptors (Lipinski definition) is 4. The molecule has 2 aliphatic rings. The van der Waals surface area contributed by atoms with Crippen molar-refractivity contribution in [1.82, 2.24) is 10.2 Å². The molecule has 2 aromatic rings. The van der Waals surface area contributed by atoms with Gasteiger partial charge in [0.15, 0.2) is 11.5 Å². The molecule has 0 radical (unpaired) electrons. The molecule has 1 heterocycles. The molecule has 1 N–H and O–H groups in total. The van der Waals surface area contributed by atoms with Gasteiger partial charge in [-0.2, -0.15) is 0 Å². The molecule has 0 unspecified atom stereocenters. The maximum atomic E-state index is 6.13. The SMILES string of the molecule is CCOc1cc([C@H](C2CCCC2)N2CCNCC2)ccc1OCc1ccccc1. The van der Waals surface area contributed by atoms with E-state index in [9.17, 15) is 0 Å². The van der Waals surface area contributed by atoms with Gasteiger partial charge >= 0.3 is 0 Å². The fourth-order valence-corrected chi connectivity index (χ4v) is 4.85. The normalized spacial score (nSPS) is 19.2. The van der Waals surface area contributed by atoms with Crippen molar-refractivity contribution in [2.45, 2.75) is 45.3 Å². The van der Waals surface area contributed by atoms with Gasteiger partial charge in [0.2, 0.25) is 0 Å². The molecule has 156 valence electrons. The van der Waals surface area contributed by atoms with Gasteiger partial charge in [0.1, 0.15) is 6.61 Å². The number of rotatable bonds is 8. The van der Waals surface area contributed by atoms with E-state index in [-0.39, 0.29) is 0 Å². The third kappa shape index (κ3) is 5.12. The second-order valence-corrected chi connectivity index (χ2v) is 8.19. The number of nitrogens with zero attached hydrogens (tertiary/aromatic N) is 1. The highest BCUT2D eigenvalue weighted by Gasteiger charge is 2.32. The van der Waals surface area contributed by atoms with E-state index >= 15 is 0 Å². The lowest BCUT2D eigenvalue weighted by Crippen LogP contribution is -2.46. The number of hydrogen-bond donors (Lipinski definition) is 1. The Balaban J connectivity index is 1.56.